The second kappa shape index (κ2) is 8.88. The second-order valence-corrected chi connectivity index (χ2v) is 7.70. The summed E-state index contributed by atoms with van der Waals surface area (Å²) >= 11 is 0. The average molecular weight is 354 g/mol. The van der Waals surface area contributed by atoms with Gasteiger partial charge in [0, 0.05) is 0 Å². The fourth-order valence-electron chi connectivity index (χ4n) is 2.62. The summed E-state index contributed by atoms with van der Waals surface area (Å²) in [5.41, 5.74) is 2.77. The van der Waals surface area contributed by atoms with Crippen molar-refractivity contribution in [2.45, 2.75) is 59.3 Å². The van der Waals surface area contributed by atoms with E-state index in [-0.39, 0.29) is 11.4 Å². The molecule has 3 nitrogen and oxygen atoms in total. The Morgan fingerprint density at radius 2 is 1.69 bits per heavy atom. The lowest BCUT2D eigenvalue weighted by Crippen LogP contribution is -2.13. The first-order valence-corrected chi connectivity index (χ1v) is 9.37. The Bertz CT molecular complexity index is 724. The van der Waals surface area contributed by atoms with Crippen molar-refractivity contribution in [2.75, 3.05) is 6.61 Å². The molecule has 0 bridgehead atoms. The van der Waals surface area contributed by atoms with Crippen molar-refractivity contribution >= 4 is 5.97 Å². The van der Waals surface area contributed by atoms with Gasteiger partial charge in [-0.3, -0.25) is 0 Å². The predicted octanol–water partition coefficient (Wildman–Crippen LogP) is 6.08. The molecule has 26 heavy (non-hydrogen) atoms. The SMILES string of the molecule is CCCCCOc1ccc(C(=O)Oc2ccc(C(C)(C)C)cc2C)cc1. The number of hydrogen-bond acceptors (Lipinski definition) is 3. The van der Waals surface area contributed by atoms with Crippen LogP contribution in [0.3, 0.4) is 0 Å². The molecule has 0 spiro atoms. The molecular weight excluding hydrogens is 324 g/mol. The highest BCUT2D eigenvalue weighted by Gasteiger charge is 2.16. The first-order chi connectivity index (χ1) is 12.3. The first kappa shape index (κ1) is 20.0. The Balaban J connectivity index is 1.99. The highest BCUT2D eigenvalue weighted by Crippen LogP contribution is 2.28. The minimum Gasteiger partial charge on any atom is -0.494 e. The zero-order valence-corrected chi connectivity index (χ0v) is 16.6. The number of benzene rings is 2. The van der Waals surface area contributed by atoms with E-state index in [9.17, 15) is 4.79 Å². The average Bonchev–Trinajstić information content (AvgIpc) is 2.60. The summed E-state index contributed by atoms with van der Waals surface area (Å²) in [7, 11) is 0. The van der Waals surface area contributed by atoms with Gasteiger partial charge in [0.05, 0.1) is 12.2 Å². The van der Waals surface area contributed by atoms with Crippen LogP contribution in [-0.2, 0) is 5.41 Å². The van der Waals surface area contributed by atoms with Crippen molar-refractivity contribution in [3.63, 3.8) is 0 Å². The van der Waals surface area contributed by atoms with Crippen LogP contribution in [0.25, 0.3) is 0 Å². The Morgan fingerprint density at radius 3 is 2.27 bits per heavy atom. The number of aryl methyl sites for hydroxylation is 1. The topological polar surface area (TPSA) is 35.5 Å². The van der Waals surface area contributed by atoms with Crippen molar-refractivity contribution < 1.29 is 14.3 Å². The zero-order valence-electron chi connectivity index (χ0n) is 16.6. The van der Waals surface area contributed by atoms with Gasteiger partial charge in [-0.15, -0.1) is 0 Å². The van der Waals surface area contributed by atoms with Gasteiger partial charge in [-0.2, -0.15) is 0 Å². The molecule has 0 atom stereocenters. The molecule has 2 aromatic rings. The minimum atomic E-state index is -0.353. The number of unbranched alkanes of at least 4 members (excludes halogenated alkanes) is 2. The molecule has 3 heteroatoms. The second-order valence-electron chi connectivity index (χ2n) is 7.70. The van der Waals surface area contributed by atoms with Gasteiger partial charge >= 0.3 is 5.97 Å². The van der Waals surface area contributed by atoms with Crippen molar-refractivity contribution in [2.24, 2.45) is 0 Å². The number of hydrogen-bond donors (Lipinski definition) is 0. The number of ether oxygens (including phenoxy) is 2. The molecule has 0 radical (unpaired) electrons. The van der Waals surface area contributed by atoms with Crippen molar-refractivity contribution in [1.82, 2.24) is 0 Å². The van der Waals surface area contributed by atoms with Crippen molar-refractivity contribution in [3.05, 3.63) is 59.2 Å². The highest BCUT2D eigenvalue weighted by atomic mass is 16.5. The van der Waals surface area contributed by atoms with Crippen LogP contribution in [0.4, 0.5) is 0 Å². The molecule has 140 valence electrons. The van der Waals surface area contributed by atoms with E-state index in [0.29, 0.717) is 17.9 Å². The van der Waals surface area contributed by atoms with Gasteiger partial charge in [0.25, 0.3) is 0 Å². The molecule has 0 amide bonds. The molecular formula is C23H30O3. The third-order valence-corrected chi connectivity index (χ3v) is 4.35. The first-order valence-electron chi connectivity index (χ1n) is 9.37. The van der Waals surface area contributed by atoms with Gasteiger partial charge in [0.1, 0.15) is 11.5 Å². The fourth-order valence-corrected chi connectivity index (χ4v) is 2.62. The van der Waals surface area contributed by atoms with Gasteiger partial charge in [-0.05, 0) is 60.2 Å². The summed E-state index contributed by atoms with van der Waals surface area (Å²) in [5, 5.41) is 0. The minimum absolute atomic E-state index is 0.0697. The van der Waals surface area contributed by atoms with Gasteiger partial charge in [-0.1, -0.05) is 52.7 Å². The third kappa shape index (κ3) is 5.62. The predicted molar refractivity (Wildman–Crippen MR) is 106 cm³/mol. The van der Waals surface area contributed by atoms with E-state index in [0.717, 1.165) is 24.2 Å². The highest BCUT2D eigenvalue weighted by molar-refractivity contribution is 5.91. The smallest absolute Gasteiger partial charge is 0.343 e. The van der Waals surface area contributed by atoms with Gasteiger partial charge in [0.2, 0.25) is 0 Å². The van der Waals surface area contributed by atoms with Crippen LogP contribution in [0.1, 0.15) is 68.4 Å². The zero-order chi connectivity index (χ0) is 19.2. The molecule has 2 aromatic carbocycles. The van der Waals surface area contributed by atoms with Gasteiger partial charge < -0.3 is 9.47 Å². The van der Waals surface area contributed by atoms with E-state index >= 15 is 0 Å². The summed E-state index contributed by atoms with van der Waals surface area (Å²) in [6.45, 7) is 11.3. The summed E-state index contributed by atoms with van der Waals surface area (Å²) in [4.78, 5) is 12.4. The summed E-state index contributed by atoms with van der Waals surface area (Å²) in [6.07, 6.45) is 3.38. The Kier molecular flexibility index (Phi) is 6.84. The number of esters is 1. The number of carbonyl (C=O) groups is 1. The van der Waals surface area contributed by atoms with Crippen LogP contribution >= 0.6 is 0 Å². The molecule has 0 fully saturated rings. The molecule has 0 aromatic heterocycles. The van der Waals surface area contributed by atoms with Gasteiger partial charge in [0.15, 0.2) is 0 Å². The maximum absolute atomic E-state index is 12.4. The molecule has 0 aliphatic rings. The van der Waals surface area contributed by atoms with Crippen molar-refractivity contribution in [1.29, 1.82) is 0 Å². The Morgan fingerprint density at radius 1 is 1.00 bits per heavy atom. The summed E-state index contributed by atoms with van der Waals surface area (Å²) < 4.78 is 11.2. The number of rotatable bonds is 7. The molecule has 0 unspecified atom stereocenters. The lowest BCUT2D eigenvalue weighted by Gasteiger charge is -2.20. The van der Waals surface area contributed by atoms with Crippen LogP contribution < -0.4 is 9.47 Å². The molecule has 0 aliphatic carbocycles. The molecule has 0 aliphatic heterocycles. The van der Waals surface area contributed by atoms with E-state index in [1.54, 1.807) is 12.1 Å². The quantitative estimate of drug-likeness (QED) is 0.343. The Hall–Kier alpha value is -2.29. The van der Waals surface area contributed by atoms with Crippen LogP contribution in [-0.4, -0.2) is 12.6 Å². The van der Waals surface area contributed by atoms with E-state index in [4.69, 9.17) is 9.47 Å². The fraction of sp³-hybridized carbons (Fsp3) is 0.435. The van der Waals surface area contributed by atoms with Crippen LogP contribution in [0, 0.1) is 6.92 Å². The van der Waals surface area contributed by atoms with E-state index < -0.39 is 0 Å². The lowest BCUT2D eigenvalue weighted by atomic mass is 9.86. The molecule has 0 heterocycles. The van der Waals surface area contributed by atoms with Crippen LogP contribution in [0.15, 0.2) is 42.5 Å². The van der Waals surface area contributed by atoms with Crippen molar-refractivity contribution in [3.8, 4) is 11.5 Å². The molecule has 0 N–H and O–H groups in total. The molecule has 0 saturated carbocycles. The third-order valence-electron chi connectivity index (χ3n) is 4.35. The van der Waals surface area contributed by atoms with Gasteiger partial charge in [-0.25, -0.2) is 4.79 Å². The maximum Gasteiger partial charge on any atom is 0.343 e. The van der Waals surface area contributed by atoms with E-state index in [1.165, 1.54) is 12.0 Å². The maximum atomic E-state index is 12.4. The lowest BCUT2D eigenvalue weighted by molar-refractivity contribution is 0.0733. The monoisotopic (exact) mass is 354 g/mol. The van der Waals surface area contributed by atoms with Crippen LogP contribution in [0.5, 0.6) is 11.5 Å². The van der Waals surface area contributed by atoms with Crippen LogP contribution in [0.2, 0.25) is 0 Å². The number of carbonyl (C=O) groups excluding carboxylic acids is 1. The Labute approximate surface area is 157 Å². The molecule has 0 saturated heterocycles. The standard InChI is InChI=1S/C23H30O3/c1-6-7-8-15-25-20-12-9-18(10-13-20)22(24)26-21-14-11-19(16-17(21)2)23(3,4)5/h9-14,16H,6-8,15H2,1-5H3. The summed E-state index contributed by atoms with van der Waals surface area (Å²) in [6, 6.07) is 13.1. The van der Waals surface area contributed by atoms with E-state index in [2.05, 4.69) is 33.8 Å². The summed E-state index contributed by atoms with van der Waals surface area (Å²) in [5.74, 6) is 1.03. The van der Waals surface area contributed by atoms with E-state index in [1.807, 2.05) is 31.2 Å². The normalized spacial score (nSPS) is 11.3. The largest absolute Gasteiger partial charge is 0.494 e. The molecule has 2 rings (SSSR count).